The zero-order valence-corrected chi connectivity index (χ0v) is 10.4. The molecule has 4 nitrogen and oxygen atoms in total. The predicted molar refractivity (Wildman–Crippen MR) is 61.9 cm³/mol. The van der Waals surface area contributed by atoms with Gasteiger partial charge in [0, 0.05) is 24.1 Å². The summed E-state index contributed by atoms with van der Waals surface area (Å²) in [6, 6.07) is 0.197. The second-order valence-corrected chi connectivity index (χ2v) is 7.68. The van der Waals surface area contributed by atoms with Crippen molar-refractivity contribution in [1.82, 2.24) is 4.90 Å². The van der Waals surface area contributed by atoms with Crippen LogP contribution < -0.4 is 0 Å². The molecule has 88 valence electrons. The predicted octanol–water partition coefficient (Wildman–Crippen LogP) is -0.418. The van der Waals surface area contributed by atoms with Crippen molar-refractivity contribution in [2.75, 3.05) is 29.6 Å². The van der Waals surface area contributed by atoms with Gasteiger partial charge >= 0.3 is 0 Å². The first-order chi connectivity index (χ1) is 6.99. The van der Waals surface area contributed by atoms with Crippen LogP contribution in [0.3, 0.4) is 0 Å². The Kier molecular flexibility index (Phi) is 3.30. The summed E-state index contributed by atoms with van der Waals surface area (Å²) >= 11 is 1.89. The topological polar surface area (TPSA) is 57.6 Å². The van der Waals surface area contributed by atoms with Crippen LogP contribution in [0.2, 0.25) is 0 Å². The molecule has 2 aliphatic rings. The van der Waals surface area contributed by atoms with Crippen LogP contribution in [0.15, 0.2) is 0 Å². The number of aliphatic hydroxyl groups excluding tert-OH is 1. The molecule has 0 amide bonds. The van der Waals surface area contributed by atoms with Crippen molar-refractivity contribution in [3.63, 3.8) is 0 Å². The van der Waals surface area contributed by atoms with Crippen molar-refractivity contribution in [3.8, 4) is 0 Å². The van der Waals surface area contributed by atoms with Gasteiger partial charge < -0.3 is 5.11 Å². The van der Waals surface area contributed by atoms with E-state index >= 15 is 0 Å². The lowest BCUT2D eigenvalue weighted by Gasteiger charge is -2.38. The van der Waals surface area contributed by atoms with E-state index < -0.39 is 15.9 Å². The van der Waals surface area contributed by atoms with Gasteiger partial charge in [-0.1, -0.05) is 0 Å². The molecule has 0 aromatic heterocycles. The fourth-order valence-corrected chi connectivity index (χ4v) is 5.21. The summed E-state index contributed by atoms with van der Waals surface area (Å²) in [6.45, 7) is 2.99. The highest BCUT2D eigenvalue weighted by Gasteiger charge is 2.41. The van der Waals surface area contributed by atoms with Crippen molar-refractivity contribution < 1.29 is 13.5 Å². The first-order valence-electron chi connectivity index (χ1n) is 5.21. The highest BCUT2D eigenvalue weighted by atomic mass is 32.2. The fourth-order valence-electron chi connectivity index (χ4n) is 2.36. The van der Waals surface area contributed by atoms with Gasteiger partial charge in [-0.2, -0.15) is 11.8 Å². The maximum Gasteiger partial charge on any atom is 0.154 e. The Morgan fingerprint density at radius 1 is 1.40 bits per heavy atom. The largest absolute Gasteiger partial charge is 0.390 e. The molecule has 0 spiro atoms. The number of hydrogen-bond acceptors (Lipinski definition) is 5. The van der Waals surface area contributed by atoms with Crippen molar-refractivity contribution in [1.29, 1.82) is 0 Å². The molecule has 0 bridgehead atoms. The van der Waals surface area contributed by atoms with Crippen LogP contribution in [0.1, 0.15) is 6.92 Å². The number of thioether (sulfide) groups is 1. The number of nitrogens with zero attached hydrogens (tertiary/aromatic N) is 1. The molecule has 3 unspecified atom stereocenters. The summed E-state index contributed by atoms with van der Waals surface area (Å²) in [7, 11) is -3.02. The number of aliphatic hydroxyl groups is 1. The fraction of sp³-hybridized carbons (Fsp3) is 1.00. The Morgan fingerprint density at radius 3 is 2.67 bits per heavy atom. The van der Waals surface area contributed by atoms with Crippen LogP contribution >= 0.6 is 11.8 Å². The Bertz CT molecular complexity index is 330. The van der Waals surface area contributed by atoms with E-state index in [1.165, 1.54) is 0 Å². The summed E-state index contributed by atoms with van der Waals surface area (Å²) in [5, 5.41) is 9.77. The monoisotopic (exact) mass is 251 g/mol. The first kappa shape index (κ1) is 11.7. The molecule has 6 heteroatoms. The average molecular weight is 251 g/mol. The third-order valence-corrected chi connectivity index (χ3v) is 6.03. The van der Waals surface area contributed by atoms with Crippen molar-refractivity contribution in [3.05, 3.63) is 0 Å². The van der Waals surface area contributed by atoms with Crippen LogP contribution in [0.4, 0.5) is 0 Å². The van der Waals surface area contributed by atoms with E-state index in [9.17, 15) is 13.5 Å². The van der Waals surface area contributed by atoms with Crippen molar-refractivity contribution in [2.45, 2.75) is 25.1 Å². The van der Waals surface area contributed by atoms with Gasteiger partial charge in [-0.25, -0.2) is 8.42 Å². The summed E-state index contributed by atoms with van der Waals surface area (Å²) in [6.07, 6.45) is -0.694. The third kappa shape index (κ3) is 2.49. The van der Waals surface area contributed by atoms with Gasteiger partial charge in [0.2, 0.25) is 0 Å². The van der Waals surface area contributed by atoms with Crippen LogP contribution in [0.5, 0.6) is 0 Å². The summed E-state index contributed by atoms with van der Waals surface area (Å²) in [4.78, 5) is 2.16. The van der Waals surface area contributed by atoms with E-state index in [0.717, 1.165) is 18.1 Å². The summed E-state index contributed by atoms with van der Waals surface area (Å²) in [5.41, 5.74) is 0. The standard InChI is InChI=1S/C9H17NO3S2/c1-7-4-14-3-2-10(7)8-5-15(12,13)6-9(8)11/h7-9,11H,2-6H2,1H3. The quantitative estimate of drug-likeness (QED) is 0.686. The van der Waals surface area contributed by atoms with Gasteiger partial charge in [-0.3, -0.25) is 4.90 Å². The van der Waals surface area contributed by atoms with Crippen LogP contribution in [0, 0.1) is 0 Å². The number of hydrogen-bond donors (Lipinski definition) is 1. The van der Waals surface area contributed by atoms with E-state index in [4.69, 9.17) is 0 Å². The van der Waals surface area contributed by atoms with Gasteiger partial charge in [0.15, 0.2) is 9.84 Å². The van der Waals surface area contributed by atoms with E-state index in [2.05, 4.69) is 11.8 Å². The van der Waals surface area contributed by atoms with Gasteiger partial charge in [0.1, 0.15) is 0 Å². The number of sulfone groups is 1. The molecule has 0 aliphatic carbocycles. The van der Waals surface area contributed by atoms with E-state index in [1.54, 1.807) is 0 Å². The normalized spacial score (nSPS) is 41.9. The smallest absolute Gasteiger partial charge is 0.154 e. The van der Waals surface area contributed by atoms with Crippen molar-refractivity contribution >= 4 is 21.6 Å². The van der Waals surface area contributed by atoms with Crippen LogP contribution in [-0.4, -0.2) is 66.2 Å². The molecular formula is C9H17NO3S2. The Balaban J connectivity index is 2.10. The molecule has 0 saturated carbocycles. The Hall–Kier alpha value is 0.220. The van der Waals surface area contributed by atoms with Gasteiger partial charge in [0.25, 0.3) is 0 Å². The maximum absolute atomic E-state index is 11.4. The highest BCUT2D eigenvalue weighted by molar-refractivity contribution is 7.99. The third-order valence-electron chi connectivity index (χ3n) is 3.14. The lowest BCUT2D eigenvalue weighted by molar-refractivity contribution is 0.0670. The van der Waals surface area contributed by atoms with Gasteiger partial charge in [0.05, 0.1) is 23.7 Å². The van der Waals surface area contributed by atoms with Gasteiger partial charge in [-0.15, -0.1) is 0 Å². The first-order valence-corrected chi connectivity index (χ1v) is 8.19. The Labute approximate surface area is 94.9 Å². The zero-order chi connectivity index (χ0) is 11.1. The molecule has 15 heavy (non-hydrogen) atoms. The zero-order valence-electron chi connectivity index (χ0n) is 8.80. The average Bonchev–Trinajstić information content (AvgIpc) is 2.40. The Morgan fingerprint density at radius 2 is 2.13 bits per heavy atom. The molecule has 0 radical (unpaired) electrons. The molecule has 3 atom stereocenters. The van der Waals surface area contributed by atoms with E-state index in [1.807, 2.05) is 11.8 Å². The minimum absolute atomic E-state index is 0.0615. The highest BCUT2D eigenvalue weighted by Crippen LogP contribution is 2.25. The molecule has 2 rings (SSSR count). The second-order valence-electron chi connectivity index (χ2n) is 4.37. The number of rotatable bonds is 1. The minimum Gasteiger partial charge on any atom is -0.390 e. The molecule has 0 aromatic rings. The van der Waals surface area contributed by atoms with E-state index in [-0.39, 0.29) is 17.5 Å². The van der Waals surface area contributed by atoms with Crippen LogP contribution in [0.25, 0.3) is 0 Å². The van der Waals surface area contributed by atoms with Crippen LogP contribution in [-0.2, 0) is 9.84 Å². The second kappa shape index (κ2) is 4.24. The minimum atomic E-state index is -3.02. The molecule has 2 fully saturated rings. The molecular weight excluding hydrogens is 234 g/mol. The molecule has 2 aliphatic heterocycles. The molecule has 2 heterocycles. The summed E-state index contributed by atoms with van der Waals surface area (Å²) in [5.74, 6) is 2.13. The molecule has 1 N–H and O–H groups in total. The molecule has 2 saturated heterocycles. The molecule has 0 aromatic carbocycles. The maximum atomic E-state index is 11.4. The SMILES string of the molecule is CC1CSCCN1C1CS(=O)(=O)CC1O. The lowest BCUT2D eigenvalue weighted by atomic mass is 10.1. The summed E-state index contributed by atoms with van der Waals surface area (Å²) < 4.78 is 22.8. The van der Waals surface area contributed by atoms with Gasteiger partial charge in [-0.05, 0) is 6.92 Å². The lowest BCUT2D eigenvalue weighted by Crippen LogP contribution is -2.51. The van der Waals surface area contributed by atoms with E-state index in [0.29, 0.717) is 6.04 Å². The van der Waals surface area contributed by atoms with Crippen molar-refractivity contribution in [2.24, 2.45) is 0 Å².